The number of ether oxygens (including phenoxy) is 1. The number of benzene rings is 4. The van der Waals surface area contributed by atoms with E-state index in [1.165, 1.54) is 7.11 Å². The standard InChI is InChI=1S/C34H25ClN2O4/c1-41-22-11-8-10-21(19-22)30(38)28-29(31(39)24-13-4-6-15-26(24)35)37-18-17-20-9-2-3-12-23(20)32(37)34(28)25-14-5-7-16-27(25)36-33(34)40/h2-19,28-29,32H,1H3,(H,36,40)/t28-,29+,32+,34+/m0/s1. The van der Waals surface area contributed by atoms with Crippen molar-refractivity contribution in [2.45, 2.75) is 17.5 Å². The minimum atomic E-state index is -1.40. The van der Waals surface area contributed by atoms with Crippen molar-refractivity contribution in [2.75, 3.05) is 12.4 Å². The molecular weight excluding hydrogens is 536 g/mol. The Bertz CT molecular complexity index is 1780. The molecule has 41 heavy (non-hydrogen) atoms. The quantitative estimate of drug-likeness (QED) is 0.289. The highest BCUT2D eigenvalue weighted by atomic mass is 35.5. The van der Waals surface area contributed by atoms with Crippen LogP contribution < -0.4 is 10.1 Å². The van der Waals surface area contributed by atoms with Crippen LogP contribution in [0.4, 0.5) is 5.69 Å². The summed E-state index contributed by atoms with van der Waals surface area (Å²) < 4.78 is 5.42. The summed E-state index contributed by atoms with van der Waals surface area (Å²) in [4.78, 5) is 45.8. The van der Waals surface area contributed by atoms with Crippen LogP contribution in [-0.4, -0.2) is 35.5 Å². The second-order valence-corrected chi connectivity index (χ2v) is 10.9. The van der Waals surface area contributed by atoms with Crippen molar-refractivity contribution in [1.29, 1.82) is 0 Å². The number of rotatable bonds is 5. The first-order valence-electron chi connectivity index (χ1n) is 13.4. The van der Waals surface area contributed by atoms with Gasteiger partial charge in [-0.3, -0.25) is 14.4 Å². The Morgan fingerprint density at radius 2 is 1.66 bits per heavy atom. The van der Waals surface area contributed by atoms with Crippen molar-refractivity contribution in [3.63, 3.8) is 0 Å². The molecule has 1 spiro atoms. The lowest BCUT2D eigenvalue weighted by Crippen LogP contribution is -2.49. The number of halogens is 1. The first-order valence-corrected chi connectivity index (χ1v) is 13.8. The number of hydrogen-bond acceptors (Lipinski definition) is 5. The van der Waals surface area contributed by atoms with Crippen molar-refractivity contribution >= 4 is 40.8 Å². The van der Waals surface area contributed by atoms with E-state index in [1.54, 1.807) is 48.5 Å². The van der Waals surface area contributed by atoms with E-state index in [9.17, 15) is 14.4 Å². The molecule has 3 aliphatic rings. The zero-order chi connectivity index (χ0) is 28.3. The van der Waals surface area contributed by atoms with E-state index in [2.05, 4.69) is 5.32 Å². The number of anilines is 1. The van der Waals surface area contributed by atoms with Crippen LogP contribution in [0.1, 0.15) is 43.4 Å². The lowest BCUT2D eigenvalue weighted by molar-refractivity contribution is -0.122. The number of carbonyl (C=O) groups excluding carboxylic acids is 3. The van der Waals surface area contributed by atoms with Crippen LogP contribution in [0.25, 0.3) is 6.08 Å². The average molecular weight is 561 g/mol. The number of Topliss-reactive ketones (excluding diaryl/α,β-unsaturated/α-hetero) is 2. The van der Waals surface area contributed by atoms with Crippen LogP contribution in [0.15, 0.2) is 103 Å². The smallest absolute Gasteiger partial charge is 0.238 e. The fourth-order valence-electron chi connectivity index (χ4n) is 6.94. The van der Waals surface area contributed by atoms with Gasteiger partial charge in [0.1, 0.15) is 17.2 Å². The summed E-state index contributed by atoms with van der Waals surface area (Å²) in [6, 6.07) is 27.3. The van der Waals surface area contributed by atoms with Crippen LogP contribution in [0, 0.1) is 5.92 Å². The molecule has 0 saturated carbocycles. The van der Waals surface area contributed by atoms with Crippen LogP contribution >= 0.6 is 11.6 Å². The van der Waals surface area contributed by atoms with Gasteiger partial charge in [-0.15, -0.1) is 0 Å². The zero-order valence-electron chi connectivity index (χ0n) is 22.1. The van der Waals surface area contributed by atoms with Gasteiger partial charge in [-0.1, -0.05) is 78.3 Å². The lowest BCUT2D eigenvalue weighted by atomic mass is 9.62. The van der Waals surface area contributed by atoms with Crippen molar-refractivity contribution in [2.24, 2.45) is 5.92 Å². The summed E-state index contributed by atoms with van der Waals surface area (Å²) in [6.07, 6.45) is 3.78. The number of nitrogens with zero attached hydrogens (tertiary/aromatic N) is 1. The molecule has 0 bridgehead atoms. The molecule has 1 fully saturated rings. The highest BCUT2D eigenvalue weighted by molar-refractivity contribution is 6.34. The Morgan fingerprint density at radius 3 is 2.49 bits per heavy atom. The van der Waals surface area contributed by atoms with Gasteiger partial charge in [0, 0.05) is 23.0 Å². The maximum Gasteiger partial charge on any atom is 0.238 e. The van der Waals surface area contributed by atoms with Gasteiger partial charge in [0.2, 0.25) is 5.91 Å². The summed E-state index contributed by atoms with van der Waals surface area (Å²) >= 11 is 6.56. The SMILES string of the molecule is COc1cccc(C(=O)[C@@H]2[C@H](C(=O)c3ccccc3Cl)N3C=Cc4ccccc4[C@@H]3[C@]23C(=O)Nc2ccccc23)c1. The van der Waals surface area contributed by atoms with E-state index in [4.69, 9.17) is 16.3 Å². The summed E-state index contributed by atoms with van der Waals surface area (Å²) in [5, 5.41) is 3.35. The highest BCUT2D eigenvalue weighted by Gasteiger charge is 2.70. The van der Waals surface area contributed by atoms with Gasteiger partial charge in [0.25, 0.3) is 0 Å². The molecule has 0 unspecified atom stereocenters. The maximum absolute atomic E-state index is 14.8. The van der Waals surface area contributed by atoms with Gasteiger partial charge in [-0.25, -0.2) is 0 Å². The maximum atomic E-state index is 14.8. The molecule has 4 atom stereocenters. The molecule has 202 valence electrons. The molecule has 7 heteroatoms. The number of nitrogens with one attached hydrogen (secondary N) is 1. The van der Waals surface area contributed by atoms with Gasteiger partial charge >= 0.3 is 0 Å². The van der Waals surface area contributed by atoms with Crippen LogP contribution in [0.3, 0.4) is 0 Å². The third-order valence-corrected chi connectivity index (χ3v) is 8.94. The number of amides is 1. The fourth-order valence-corrected chi connectivity index (χ4v) is 7.17. The number of fused-ring (bicyclic) bond motifs is 6. The monoisotopic (exact) mass is 560 g/mol. The molecule has 0 aromatic heterocycles. The highest BCUT2D eigenvalue weighted by Crippen LogP contribution is 2.62. The molecule has 7 rings (SSSR count). The molecule has 1 amide bonds. The van der Waals surface area contributed by atoms with Crippen LogP contribution in [-0.2, 0) is 10.2 Å². The van der Waals surface area contributed by atoms with E-state index in [0.29, 0.717) is 33.1 Å². The van der Waals surface area contributed by atoms with E-state index in [1.807, 2.05) is 65.7 Å². The van der Waals surface area contributed by atoms with Crippen LogP contribution in [0.2, 0.25) is 5.02 Å². The Balaban J connectivity index is 1.55. The third-order valence-electron chi connectivity index (χ3n) is 8.62. The minimum absolute atomic E-state index is 0.292. The Morgan fingerprint density at radius 1 is 0.902 bits per heavy atom. The number of ketones is 2. The molecule has 3 heterocycles. The van der Waals surface area contributed by atoms with E-state index in [0.717, 1.165) is 11.1 Å². The van der Waals surface area contributed by atoms with Crippen molar-refractivity contribution < 1.29 is 19.1 Å². The van der Waals surface area contributed by atoms with Crippen LogP contribution in [0.5, 0.6) is 5.75 Å². The van der Waals surface area contributed by atoms with Crippen molar-refractivity contribution in [3.8, 4) is 5.75 Å². The zero-order valence-corrected chi connectivity index (χ0v) is 22.8. The van der Waals surface area contributed by atoms with Gasteiger partial charge in [-0.05, 0) is 53.1 Å². The molecule has 6 nitrogen and oxygen atoms in total. The predicted molar refractivity (Wildman–Crippen MR) is 157 cm³/mol. The first kappa shape index (κ1) is 25.3. The van der Waals surface area contributed by atoms with Gasteiger partial charge in [0.05, 0.1) is 24.1 Å². The van der Waals surface area contributed by atoms with E-state index < -0.39 is 23.4 Å². The second kappa shape index (κ2) is 9.46. The molecular formula is C34H25ClN2O4. The number of para-hydroxylation sites is 1. The summed E-state index contributed by atoms with van der Waals surface area (Å²) in [5.41, 5.74) is 2.40. The Kier molecular flexibility index (Phi) is 5.84. The summed E-state index contributed by atoms with van der Waals surface area (Å²) in [6.45, 7) is 0. The fraction of sp³-hybridized carbons (Fsp3) is 0.147. The minimum Gasteiger partial charge on any atom is -0.497 e. The Hall–Kier alpha value is -4.68. The molecule has 4 aromatic rings. The van der Waals surface area contributed by atoms with Crippen molar-refractivity contribution in [3.05, 3.63) is 136 Å². The molecule has 0 radical (unpaired) electrons. The number of methoxy groups -OCH3 is 1. The normalized spacial score (nSPS) is 23.5. The number of carbonyl (C=O) groups is 3. The second-order valence-electron chi connectivity index (χ2n) is 10.5. The van der Waals surface area contributed by atoms with E-state index >= 15 is 0 Å². The molecule has 0 aliphatic carbocycles. The lowest BCUT2D eigenvalue weighted by Gasteiger charge is -2.38. The predicted octanol–water partition coefficient (Wildman–Crippen LogP) is 6.33. The summed E-state index contributed by atoms with van der Waals surface area (Å²) in [5.74, 6) is -1.52. The number of hydrogen-bond donors (Lipinski definition) is 1. The average Bonchev–Trinajstić information content (AvgIpc) is 3.49. The largest absolute Gasteiger partial charge is 0.497 e. The molecule has 3 aliphatic heterocycles. The third kappa shape index (κ3) is 3.54. The molecule has 1 saturated heterocycles. The molecule has 1 N–H and O–H groups in total. The van der Waals surface area contributed by atoms with E-state index in [-0.39, 0.29) is 17.5 Å². The van der Waals surface area contributed by atoms with Gasteiger partial charge in [-0.2, -0.15) is 0 Å². The summed E-state index contributed by atoms with van der Waals surface area (Å²) in [7, 11) is 1.53. The Labute approximate surface area is 242 Å². The van der Waals surface area contributed by atoms with Gasteiger partial charge < -0.3 is 15.0 Å². The van der Waals surface area contributed by atoms with Gasteiger partial charge in [0.15, 0.2) is 11.6 Å². The van der Waals surface area contributed by atoms with Crippen molar-refractivity contribution in [1.82, 2.24) is 4.90 Å². The topological polar surface area (TPSA) is 75.7 Å². The molecule has 4 aromatic carbocycles. The first-order chi connectivity index (χ1) is 20.0.